The fourth-order valence-electron chi connectivity index (χ4n) is 4.91. The van der Waals surface area contributed by atoms with E-state index in [1.165, 1.54) is 28.8 Å². The number of hydrogen-bond donors (Lipinski definition) is 2. The zero-order chi connectivity index (χ0) is 27.5. The minimum Gasteiger partial charge on any atom is -0.494 e. The number of amides is 2. The van der Waals surface area contributed by atoms with E-state index in [9.17, 15) is 9.59 Å². The van der Waals surface area contributed by atoms with Gasteiger partial charge in [0.15, 0.2) is 0 Å². The summed E-state index contributed by atoms with van der Waals surface area (Å²) >= 11 is 0. The number of primary amides is 1. The Morgan fingerprint density at radius 2 is 1.49 bits per heavy atom. The number of nitrogens with one attached hydrogen (secondary N) is 1. The largest absolute Gasteiger partial charge is 0.494 e. The Balaban J connectivity index is 1.24. The first-order valence-electron chi connectivity index (χ1n) is 13.8. The first-order valence-corrected chi connectivity index (χ1v) is 13.8. The van der Waals surface area contributed by atoms with Gasteiger partial charge >= 0.3 is 0 Å². The van der Waals surface area contributed by atoms with Crippen molar-refractivity contribution < 1.29 is 19.1 Å². The number of carbonyl (C=O) groups is 2. The van der Waals surface area contributed by atoms with Crippen LogP contribution in [0.1, 0.15) is 50.2 Å². The summed E-state index contributed by atoms with van der Waals surface area (Å²) in [6.07, 6.45) is 5.62. The normalized spacial score (nSPS) is 11.0. The summed E-state index contributed by atoms with van der Waals surface area (Å²) in [6, 6.07) is 24.8. The highest BCUT2D eigenvalue weighted by molar-refractivity contribution is 5.91. The zero-order valence-electron chi connectivity index (χ0n) is 22.7. The Hall–Kier alpha value is -4.06. The van der Waals surface area contributed by atoms with E-state index in [1.807, 2.05) is 18.2 Å². The molecule has 0 unspecified atom stereocenters. The van der Waals surface area contributed by atoms with Gasteiger partial charge in [-0.15, -0.1) is 0 Å². The van der Waals surface area contributed by atoms with Crippen LogP contribution in [-0.4, -0.2) is 31.6 Å². The number of carbonyl (C=O) groups excluding carboxylic acids is 2. The molecule has 3 N–H and O–H groups in total. The molecule has 4 aromatic rings. The van der Waals surface area contributed by atoms with Crippen LogP contribution in [0.4, 0.5) is 0 Å². The van der Waals surface area contributed by atoms with Gasteiger partial charge in [-0.1, -0.05) is 54.6 Å². The second kappa shape index (κ2) is 14.2. The highest BCUT2D eigenvalue weighted by Crippen LogP contribution is 2.30. The number of rotatable bonds is 15. The number of ether oxygens (including phenoxy) is 2. The molecule has 0 aliphatic heterocycles. The number of fused-ring (bicyclic) bond motifs is 2. The van der Waals surface area contributed by atoms with Crippen molar-refractivity contribution in [2.45, 2.75) is 51.9 Å². The van der Waals surface area contributed by atoms with Gasteiger partial charge in [-0.2, -0.15) is 0 Å². The van der Waals surface area contributed by atoms with Gasteiger partial charge in [-0.3, -0.25) is 9.59 Å². The third kappa shape index (κ3) is 8.21. The highest BCUT2D eigenvalue weighted by atomic mass is 16.5. The predicted octanol–water partition coefficient (Wildman–Crippen LogP) is 6.11. The number of hydrogen-bond acceptors (Lipinski definition) is 4. The summed E-state index contributed by atoms with van der Waals surface area (Å²) in [7, 11) is 0. The van der Waals surface area contributed by atoms with Crippen LogP contribution in [0.15, 0.2) is 72.8 Å². The molecule has 2 amide bonds. The molecule has 6 heteroatoms. The molecule has 0 aromatic heterocycles. The molecule has 0 saturated carbocycles. The second-order valence-corrected chi connectivity index (χ2v) is 9.88. The first-order chi connectivity index (χ1) is 19.0. The molecule has 6 nitrogen and oxygen atoms in total. The van der Waals surface area contributed by atoms with Crippen molar-refractivity contribution in [1.29, 1.82) is 0 Å². The maximum Gasteiger partial charge on any atom is 0.217 e. The topological polar surface area (TPSA) is 90.7 Å². The Labute approximate surface area is 230 Å². The SMILES string of the molecule is CC(=O)NCCc1cccc2cccc(OCCCCCOc3ccc4cccc(CCCC(N)=O)c4c3)c12. The molecule has 0 bridgehead atoms. The zero-order valence-corrected chi connectivity index (χ0v) is 22.7. The van der Waals surface area contributed by atoms with E-state index in [-0.39, 0.29) is 11.8 Å². The Morgan fingerprint density at radius 3 is 2.26 bits per heavy atom. The van der Waals surface area contributed by atoms with Crippen molar-refractivity contribution in [2.24, 2.45) is 5.73 Å². The molecule has 0 saturated heterocycles. The Morgan fingerprint density at radius 1 is 0.769 bits per heavy atom. The summed E-state index contributed by atoms with van der Waals surface area (Å²) < 4.78 is 12.3. The second-order valence-electron chi connectivity index (χ2n) is 9.88. The van der Waals surface area contributed by atoms with Crippen LogP contribution in [0, 0.1) is 0 Å². The van der Waals surface area contributed by atoms with Crippen LogP contribution >= 0.6 is 0 Å². The first kappa shape index (κ1) is 28.0. The molecule has 204 valence electrons. The lowest BCUT2D eigenvalue weighted by atomic mass is 10.00. The average molecular weight is 527 g/mol. The van der Waals surface area contributed by atoms with E-state index >= 15 is 0 Å². The van der Waals surface area contributed by atoms with Crippen LogP contribution in [0.25, 0.3) is 21.5 Å². The molecule has 0 spiro atoms. The maximum atomic E-state index is 11.3. The van der Waals surface area contributed by atoms with Crippen LogP contribution < -0.4 is 20.5 Å². The number of nitrogens with two attached hydrogens (primary N) is 1. The Kier molecular flexibility index (Phi) is 10.2. The van der Waals surface area contributed by atoms with Crippen molar-refractivity contribution in [3.63, 3.8) is 0 Å². The van der Waals surface area contributed by atoms with Gasteiger partial charge in [0.1, 0.15) is 11.5 Å². The van der Waals surface area contributed by atoms with Gasteiger partial charge in [-0.05, 0) is 84.0 Å². The van der Waals surface area contributed by atoms with Crippen molar-refractivity contribution >= 4 is 33.4 Å². The van der Waals surface area contributed by atoms with E-state index in [4.69, 9.17) is 15.2 Å². The molecular weight excluding hydrogens is 488 g/mol. The van der Waals surface area contributed by atoms with Gasteiger partial charge < -0.3 is 20.5 Å². The van der Waals surface area contributed by atoms with Crippen LogP contribution in [0.2, 0.25) is 0 Å². The fourth-order valence-corrected chi connectivity index (χ4v) is 4.91. The van der Waals surface area contributed by atoms with E-state index in [0.717, 1.165) is 60.8 Å². The monoisotopic (exact) mass is 526 g/mol. The molecule has 0 atom stereocenters. The van der Waals surface area contributed by atoms with Crippen molar-refractivity contribution in [3.05, 3.63) is 83.9 Å². The lowest BCUT2D eigenvalue weighted by Crippen LogP contribution is -2.22. The van der Waals surface area contributed by atoms with Crippen molar-refractivity contribution in [1.82, 2.24) is 5.32 Å². The summed E-state index contributed by atoms with van der Waals surface area (Å²) in [5, 5.41) is 7.48. The summed E-state index contributed by atoms with van der Waals surface area (Å²) in [6.45, 7) is 3.44. The van der Waals surface area contributed by atoms with E-state index in [1.54, 1.807) is 0 Å². The highest BCUT2D eigenvalue weighted by Gasteiger charge is 2.08. The third-order valence-corrected chi connectivity index (χ3v) is 6.85. The number of unbranched alkanes of at least 4 members (excludes halogenated alkanes) is 2. The fraction of sp³-hybridized carbons (Fsp3) is 0.333. The minimum atomic E-state index is -0.259. The number of benzene rings is 4. The van der Waals surface area contributed by atoms with Gasteiger partial charge in [0, 0.05) is 25.3 Å². The van der Waals surface area contributed by atoms with Crippen molar-refractivity contribution in [3.8, 4) is 11.5 Å². The summed E-state index contributed by atoms with van der Waals surface area (Å²) in [5.41, 5.74) is 7.68. The third-order valence-electron chi connectivity index (χ3n) is 6.85. The molecule has 0 radical (unpaired) electrons. The summed E-state index contributed by atoms with van der Waals surface area (Å²) in [4.78, 5) is 22.3. The quantitative estimate of drug-likeness (QED) is 0.183. The number of aryl methyl sites for hydroxylation is 1. The van der Waals surface area contributed by atoms with E-state index in [0.29, 0.717) is 26.2 Å². The smallest absolute Gasteiger partial charge is 0.217 e. The van der Waals surface area contributed by atoms with Gasteiger partial charge in [0.2, 0.25) is 11.8 Å². The maximum absolute atomic E-state index is 11.3. The van der Waals surface area contributed by atoms with Gasteiger partial charge in [0.05, 0.1) is 13.2 Å². The Bertz CT molecular complexity index is 1410. The predicted molar refractivity (Wildman–Crippen MR) is 157 cm³/mol. The molecule has 0 aliphatic rings. The van der Waals surface area contributed by atoms with E-state index in [2.05, 4.69) is 59.9 Å². The van der Waals surface area contributed by atoms with Crippen LogP contribution in [-0.2, 0) is 22.4 Å². The van der Waals surface area contributed by atoms with Gasteiger partial charge in [0.25, 0.3) is 0 Å². The average Bonchev–Trinajstić information content (AvgIpc) is 2.92. The molecule has 0 heterocycles. The summed E-state index contributed by atoms with van der Waals surface area (Å²) in [5.74, 6) is 1.48. The van der Waals surface area contributed by atoms with Crippen LogP contribution in [0.5, 0.6) is 11.5 Å². The van der Waals surface area contributed by atoms with E-state index < -0.39 is 0 Å². The lowest BCUT2D eigenvalue weighted by molar-refractivity contribution is -0.119. The lowest BCUT2D eigenvalue weighted by Gasteiger charge is -2.13. The molecule has 4 rings (SSSR count). The molecule has 39 heavy (non-hydrogen) atoms. The molecule has 0 fully saturated rings. The molecular formula is C33H38N2O4. The standard InChI is InChI=1S/C33H38N2O4/c1-24(36)35-20-19-28-13-6-12-27-14-7-15-31(33(27)28)39-22-4-2-3-21-38-29-18-17-26-10-5-9-25(30(26)23-29)11-8-16-32(34)37/h5-7,9-10,12-15,17-18,23H,2-4,8,11,16,19-22H2,1H3,(H2,34,37)(H,35,36). The molecule has 4 aromatic carbocycles. The van der Waals surface area contributed by atoms with Gasteiger partial charge in [-0.25, -0.2) is 0 Å². The molecule has 0 aliphatic carbocycles. The van der Waals surface area contributed by atoms with Crippen LogP contribution in [0.3, 0.4) is 0 Å². The van der Waals surface area contributed by atoms with Crippen molar-refractivity contribution in [2.75, 3.05) is 19.8 Å². The minimum absolute atomic E-state index is 0.0156.